The summed E-state index contributed by atoms with van der Waals surface area (Å²) in [6.45, 7) is 1.35. The van der Waals surface area contributed by atoms with Crippen molar-refractivity contribution in [3.8, 4) is 5.75 Å². The second-order valence-corrected chi connectivity index (χ2v) is 6.23. The monoisotopic (exact) mass is 430 g/mol. The first-order chi connectivity index (χ1) is 10.6. The molecule has 0 amide bonds. The highest BCUT2D eigenvalue weighted by molar-refractivity contribution is 6.44. The minimum atomic E-state index is -4.09. The largest absolute Gasteiger partial charge is 0.461 e. The minimum absolute atomic E-state index is 0.110. The van der Waals surface area contributed by atoms with Gasteiger partial charge in [-0.2, -0.15) is 8.78 Å². The fraction of sp³-hybridized carbons (Fsp3) is 0.417. The van der Waals surface area contributed by atoms with Gasteiger partial charge in [-0.3, -0.25) is 4.74 Å². The van der Waals surface area contributed by atoms with Crippen molar-refractivity contribution < 1.29 is 27.8 Å². The minimum Gasteiger partial charge on any atom is -0.461 e. The first-order valence-corrected chi connectivity index (χ1v) is 7.90. The summed E-state index contributed by atoms with van der Waals surface area (Å²) in [6.07, 6.45) is -6.30. The molecule has 1 aromatic rings. The van der Waals surface area contributed by atoms with Crippen molar-refractivity contribution in [3.05, 3.63) is 27.2 Å². The van der Waals surface area contributed by atoms with Gasteiger partial charge in [0, 0.05) is 5.02 Å². The molecule has 0 N–H and O–H groups in total. The van der Waals surface area contributed by atoms with Crippen LogP contribution < -0.4 is 4.74 Å². The van der Waals surface area contributed by atoms with Gasteiger partial charge in [0.25, 0.3) is 0 Å². The van der Waals surface area contributed by atoms with Gasteiger partial charge in [-0.05, 0) is 19.1 Å². The van der Waals surface area contributed by atoms with Gasteiger partial charge in [0.05, 0.1) is 16.7 Å². The van der Waals surface area contributed by atoms with Crippen LogP contribution >= 0.6 is 58.0 Å². The quantitative estimate of drug-likeness (QED) is 0.332. The number of ether oxygens (including phenoxy) is 3. The van der Waals surface area contributed by atoms with E-state index >= 15 is 0 Å². The summed E-state index contributed by atoms with van der Waals surface area (Å²) in [6, 6.07) is 2.47. The molecule has 0 saturated carbocycles. The van der Waals surface area contributed by atoms with E-state index in [1.54, 1.807) is 0 Å². The molecule has 4 nitrogen and oxygen atoms in total. The van der Waals surface area contributed by atoms with E-state index < -0.39 is 23.2 Å². The van der Waals surface area contributed by atoms with Gasteiger partial charge >= 0.3 is 18.4 Å². The number of carbonyl (C=O) groups is 1. The van der Waals surface area contributed by atoms with Gasteiger partial charge in [-0.25, -0.2) is 4.79 Å². The molecule has 23 heavy (non-hydrogen) atoms. The molecular formula is C12H9Cl5F2O4. The number of rotatable bonds is 7. The molecule has 0 aliphatic rings. The van der Waals surface area contributed by atoms with Crippen molar-refractivity contribution in [2.75, 3.05) is 6.61 Å². The maximum Gasteiger partial charge on any atom is 0.389 e. The molecule has 1 atom stereocenters. The second-order valence-electron chi connectivity index (χ2n) is 3.88. The summed E-state index contributed by atoms with van der Waals surface area (Å²) in [4.78, 5) is 9.48. The Labute approximate surface area is 155 Å². The Bertz CT molecular complexity index is 547. The lowest BCUT2D eigenvalue weighted by Gasteiger charge is -2.24. The van der Waals surface area contributed by atoms with Crippen LogP contribution in [0.4, 0.5) is 8.78 Å². The number of esters is 1. The Morgan fingerprint density at radius 1 is 1.22 bits per heavy atom. The molecule has 0 aliphatic carbocycles. The number of alkyl halides is 4. The number of benzene rings is 1. The van der Waals surface area contributed by atoms with Crippen LogP contribution in [0.25, 0.3) is 0 Å². The molecule has 0 aromatic heterocycles. The molecule has 0 saturated heterocycles. The Morgan fingerprint density at radius 2 is 1.74 bits per heavy atom. The number of halogens is 7. The molecule has 0 spiro atoms. The molecule has 130 valence electrons. The van der Waals surface area contributed by atoms with Gasteiger partial charge < -0.3 is 9.47 Å². The SMILES string of the molecule is CCOC(=O)C(Oc1c(Cl)cc(Cl)cc1Cl)OC(F)(F)C(Cl)Cl. The molecular weight excluding hydrogens is 423 g/mol. The van der Waals surface area contributed by atoms with Crippen LogP contribution in [-0.4, -0.2) is 29.8 Å². The lowest BCUT2D eigenvalue weighted by molar-refractivity contribution is -0.289. The lowest BCUT2D eigenvalue weighted by Crippen LogP contribution is -2.41. The summed E-state index contributed by atoms with van der Waals surface area (Å²) < 4.78 is 40.8. The lowest BCUT2D eigenvalue weighted by atomic mass is 10.3. The Hall–Kier alpha value is -0.240. The summed E-state index contributed by atoms with van der Waals surface area (Å²) in [5.74, 6) is -1.55. The molecule has 0 heterocycles. The van der Waals surface area contributed by atoms with E-state index in [1.165, 1.54) is 19.1 Å². The van der Waals surface area contributed by atoms with Gasteiger partial charge in [-0.1, -0.05) is 58.0 Å². The van der Waals surface area contributed by atoms with Gasteiger partial charge in [0.15, 0.2) is 10.6 Å². The molecule has 0 radical (unpaired) electrons. The molecule has 0 fully saturated rings. The highest BCUT2D eigenvalue weighted by Crippen LogP contribution is 2.38. The third-order valence-electron chi connectivity index (χ3n) is 2.19. The Morgan fingerprint density at radius 3 is 2.17 bits per heavy atom. The fourth-order valence-electron chi connectivity index (χ4n) is 1.27. The zero-order valence-electron chi connectivity index (χ0n) is 11.3. The van der Waals surface area contributed by atoms with Crippen molar-refractivity contribution in [3.63, 3.8) is 0 Å². The van der Waals surface area contributed by atoms with Crippen LogP contribution in [0.3, 0.4) is 0 Å². The van der Waals surface area contributed by atoms with Crippen molar-refractivity contribution in [1.29, 1.82) is 0 Å². The normalized spacial score (nSPS) is 13.1. The van der Waals surface area contributed by atoms with E-state index in [2.05, 4.69) is 9.47 Å². The van der Waals surface area contributed by atoms with E-state index in [9.17, 15) is 13.6 Å². The molecule has 1 aromatic carbocycles. The number of carbonyl (C=O) groups excluding carboxylic acids is 1. The first-order valence-electron chi connectivity index (χ1n) is 5.90. The predicted octanol–water partition coefficient (Wildman–Crippen LogP) is 5.33. The molecule has 11 heteroatoms. The third-order valence-corrected chi connectivity index (χ3v) is 3.47. The molecule has 0 aliphatic heterocycles. The zero-order valence-corrected chi connectivity index (χ0v) is 15.1. The smallest absolute Gasteiger partial charge is 0.389 e. The van der Waals surface area contributed by atoms with Crippen molar-refractivity contribution in [2.45, 2.75) is 24.2 Å². The maximum atomic E-state index is 13.5. The van der Waals surface area contributed by atoms with Crippen LogP contribution in [0, 0.1) is 0 Å². The maximum absolute atomic E-state index is 13.5. The van der Waals surface area contributed by atoms with Crippen LogP contribution in [0.1, 0.15) is 6.92 Å². The van der Waals surface area contributed by atoms with Gasteiger partial charge in [0.2, 0.25) is 0 Å². The van der Waals surface area contributed by atoms with Crippen molar-refractivity contribution in [1.82, 2.24) is 0 Å². The van der Waals surface area contributed by atoms with Crippen LogP contribution in [0.5, 0.6) is 5.75 Å². The second kappa shape index (κ2) is 8.74. The zero-order chi connectivity index (χ0) is 17.8. The number of hydrogen-bond donors (Lipinski definition) is 0. The highest BCUT2D eigenvalue weighted by atomic mass is 35.5. The van der Waals surface area contributed by atoms with Gasteiger partial charge in [0.1, 0.15) is 0 Å². The van der Waals surface area contributed by atoms with E-state index in [0.717, 1.165) is 0 Å². The fourth-order valence-corrected chi connectivity index (χ4v) is 2.28. The standard InChI is InChI=1S/C12H9Cl5F2O4/c1-2-21-9(20)10(23-12(18,19)11(16)17)22-8-6(14)3-5(13)4-7(8)15/h3-4,10-11H,2H2,1H3. The predicted molar refractivity (Wildman–Crippen MR) is 84.0 cm³/mol. The Balaban J connectivity index is 3.09. The first kappa shape index (κ1) is 20.8. The van der Waals surface area contributed by atoms with Crippen LogP contribution in [-0.2, 0) is 14.3 Å². The summed E-state index contributed by atoms with van der Waals surface area (Å²) in [5, 5.41) is -0.0816. The van der Waals surface area contributed by atoms with Crippen LogP contribution in [0.2, 0.25) is 15.1 Å². The topological polar surface area (TPSA) is 44.8 Å². The highest BCUT2D eigenvalue weighted by Gasteiger charge is 2.45. The van der Waals surface area contributed by atoms with Crippen molar-refractivity contribution >= 4 is 64.0 Å². The van der Waals surface area contributed by atoms with E-state index in [-0.39, 0.29) is 27.4 Å². The summed E-state index contributed by atoms with van der Waals surface area (Å²) in [7, 11) is 0. The molecule has 1 rings (SSSR count). The van der Waals surface area contributed by atoms with E-state index in [1.807, 2.05) is 0 Å². The van der Waals surface area contributed by atoms with E-state index in [0.29, 0.717) is 0 Å². The van der Waals surface area contributed by atoms with E-state index in [4.69, 9.17) is 62.7 Å². The molecule has 1 unspecified atom stereocenters. The Kier molecular flexibility index (Phi) is 7.90. The van der Waals surface area contributed by atoms with Gasteiger partial charge in [-0.15, -0.1) is 0 Å². The van der Waals surface area contributed by atoms with Crippen molar-refractivity contribution in [2.24, 2.45) is 0 Å². The average Bonchev–Trinajstić information content (AvgIpc) is 2.41. The summed E-state index contributed by atoms with van der Waals surface area (Å²) >= 11 is 27.6. The number of hydrogen-bond acceptors (Lipinski definition) is 4. The van der Waals surface area contributed by atoms with Crippen LogP contribution in [0.15, 0.2) is 12.1 Å². The summed E-state index contributed by atoms with van der Waals surface area (Å²) in [5.41, 5.74) is 0. The molecule has 0 bridgehead atoms. The average molecular weight is 432 g/mol. The third kappa shape index (κ3) is 5.96.